The molecule has 0 bridgehead atoms. The number of rotatable bonds is 8. The van der Waals surface area contributed by atoms with E-state index in [2.05, 4.69) is 10.3 Å². The number of nitrogens with zero attached hydrogens (tertiary/aromatic N) is 1. The van der Waals surface area contributed by atoms with Gasteiger partial charge in [-0.25, -0.2) is 14.2 Å². The van der Waals surface area contributed by atoms with E-state index in [1.165, 1.54) is 34.5 Å². The predicted molar refractivity (Wildman–Crippen MR) is 87.5 cm³/mol. The Balaban J connectivity index is 1.65. The minimum absolute atomic E-state index is 0.0256. The summed E-state index contributed by atoms with van der Waals surface area (Å²) in [7, 11) is 0. The van der Waals surface area contributed by atoms with Crippen LogP contribution in [0.4, 0.5) is 4.39 Å². The Labute approximate surface area is 140 Å². The number of thiazole rings is 1. The Morgan fingerprint density at radius 2 is 2.13 bits per heavy atom. The summed E-state index contributed by atoms with van der Waals surface area (Å²) >= 11 is 2.56. The maximum Gasteiger partial charge on any atom is 0.355 e. The third-order valence-electron chi connectivity index (χ3n) is 2.86. The molecule has 0 spiro atoms. The van der Waals surface area contributed by atoms with Crippen molar-refractivity contribution in [2.45, 2.75) is 17.7 Å². The van der Waals surface area contributed by atoms with Crippen LogP contribution in [-0.2, 0) is 11.2 Å². The summed E-state index contributed by atoms with van der Waals surface area (Å²) in [6.45, 7) is 0.399. The standard InChI is InChI=1S/C15H15FN2O3S2/c16-10-3-1-2-4-12(10)22-8-6-13(19)17-7-5-14-18-11(9-23-14)15(20)21/h1-4,9H,5-8H2,(H,17,19)(H,20,21). The molecule has 0 aliphatic heterocycles. The van der Waals surface area contributed by atoms with Gasteiger partial charge in [-0.05, 0) is 12.1 Å². The van der Waals surface area contributed by atoms with Crippen molar-refractivity contribution >= 4 is 35.0 Å². The number of thioether (sulfide) groups is 1. The lowest BCUT2D eigenvalue weighted by Gasteiger charge is -2.04. The SMILES string of the molecule is O=C(CCSc1ccccc1F)NCCc1nc(C(=O)O)cs1. The highest BCUT2D eigenvalue weighted by Crippen LogP contribution is 2.21. The molecule has 0 aliphatic rings. The van der Waals surface area contributed by atoms with Crippen molar-refractivity contribution in [3.63, 3.8) is 0 Å². The van der Waals surface area contributed by atoms with Crippen LogP contribution in [0.15, 0.2) is 34.5 Å². The minimum atomic E-state index is -1.05. The molecule has 1 heterocycles. The van der Waals surface area contributed by atoms with Crippen molar-refractivity contribution in [2.75, 3.05) is 12.3 Å². The van der Waals surface area contributed by atoms with Gasteiger partial charge in [-0.1, -0.05) is 12.1 Å². The first-order valence-electron chi connectivity index (χ1n) is 6.88. The van der Waals surface area contributed by atoms with Gasteiger partial charge in [0, 0.05) is 35.4 Å². The molecule has 8 heteroatoms. The molecule has 23 heavy (non-hydrogen) atoms. The molecule has 1 aromatic carbocycles. The van der Waals surface area contributed by atoms with Gasteiger partial charge in [0.25, 0.3) is 0 Å². The number of carbonyl (C=O) groups is 2. The number of halogens is 1. The van der Waals surface area contributed by atoms with Crippen LogP contribution in [0, 0.1) is 5.82 Å². The second-order valence-corrected chi connectivity index (χ2v) is 6.64. The summed E-state index contributed by atoms with van der Waals surface area (Å²) in [4.78, 5) is 26.9. The van der Waals surface area contributed by atoms with Gasteiger partial charge in [-0.15, -0.1) is 23.1 Å². The molecule has 0 atom stereocenters. The quantitative estimate of drug-likeness (QED) is 0.713. The number of benzene rings is 1. The Kier molecular flexibility index (Phi) is 6.54. The Morgan fingerprint density at radius 3 is 2.83 bits per heavy atom. The van der Waals surface area contributed by atoms with E-state index in [0.717, 1.165) is 0 Å². The van der Waals surface area contributed by atoms with Crippen LogP contribution in [0.1, 0.15) is 21.9 Å². The average molecular weight is 354 g/mol. The molecule has 1 aromatic heterocycles. The number of carbonyl (C=O) groups excluding carboxylic acids is 1. The van der Waals surface area contributed by atoms with Gasteiger partial charge in [0.2, 0.25) is 5.91 Å². The van der Waals surface area contributed by atoms with Crippen LogP contribution in [0.3, 0.4) is 0 Å². The number of aromatic nitrogens is 1. The maximum absolute atomic E-state index is 13.4. The Morgan fingerprint density at radius 1 is 1.35 bits per heavy atom. The van der Waals surface area contributed by atoms with Gasteiger partial charge in [0.1, 0.15) is 5.82 Å². The molecule has 0 saturated heterocycles. The van der Waals surface area contributed by atoms with Crippen molar-refractivity contribution < 1.29 is 19.1 Å². The van der Waals surface area contributed by atoms with Crippen molar-refractivity contribution in [2.24, 2.45) is 0 Å². The highest BCUT2D eigenvalue weighted by molar-refractivity contribution is 7.99. The lowest BCUT2D eigenvalue weighted by Crippen LogP contribution is -2.25. The van der Waals surface area contributed by atoms with Gasteiger partial charge in [-0.2, -0.15) is 0 Å². The van der Waals surface area contributed by atoms with Crippen LogP contribution in [0.5, 0.6) is 0 Å². The third-order valence-corrected chi connectivity index (χ3v) is 4.81. The van der Waals surface area contributed by atoms with Gasteiger partial charge in [-0.3, -0.25) is 4.79 Å². The highest BCUT2D eigenvalue weighted by Gasteiger charge is 2.09. The largest absolute Gasteiger partial charge is 0.476 e. The molecule has 0 fully saturated rings. The van der Waals surface area contributed by atoms with Gasteiger partial charge in [0.05, 0.1) is 5.01 Å². The average Bonchev–Trinajstić information content (AvgIpc) is 2.98. The lowest BCUT2D eigenvalue weighted by molar-refractivity contribution is -0.120. The first-order chi connectivity index (χ1) is 11.1. The van der Waals surface area contributed by atoms with E-state index in [4.69, 9.17) is 5.11 Å². The summed E-state index contributed by atoms with van der Waals surface area (Å²) < 4.78 is 13.4. The number of hydrogen-bond donors (Lipinski definition) is 2. The molecule has 2 rings (SSSR count). The maximum atomic E-state index is 13.4. The second kappa shape index (κ2) is 8.64. The van der Waals surface area contributed by atoms with Crippen LogP contribution in [0.25, 0.3) is 0 Å². The van der Waals surface area contributed by atoms with E-state index in [1.807, 2.05) is 0 Å². The topological polar surface area (TPSA) is 79.3 Å². The zero-order chi connectivity index (χ0) is 16.7. The third kappa shape index (κ3) is 5.65. The van der Waals surface area contributed by atoms with E-state index in [0.29, 0.717) is 28.6 Å². The smallest absolute Gasteiger partial charge is 0.355 e. The molecular weight excluding hydrogens is 339 g/mol. The lowest BCUT2D eigenvalue weighted by atomic mass is 10.3. The summed E-state index contributed by atoms with van der Waals surface area (Å²) in [5.41, 5.74) is 0.0256. The molecule has 122 valence electrons. The van der Waals surface area contributed by atoms with E-state index >= 15 is 0 Å². The number of hydrogen-bond acceptors (Lipinski definition) is 5. The van der Waals surface area contributed by atoms with Gasteiger partial charge in [0.15, 0.2) is 5.69 Å². The number of amides is 1. The van der Waals surface area contributed by atoms with Crippen LogP contribution < -0.4 is 5.32 Å². The van der Waals surface area contributed by atoms with Crippen molar-refractivity contribution in [1.29, 1.82) is 0 Å². The molecule has 0 unspecified atom stereocenters. The summed E-state index contributed by atoms with van der Waals surface area (Å²) in [5, 5.41) is 13.7. The predicted octanol–water partition coefficient (Wildman–Crippen LogP) is 2.82. The number of carboxylic acids is 1. The monoisotopic (exact) mass is 354 g/mol. The molecule has 1 amide bonds. The fourth-order valence-corrected chi connectivity index (χ4v) is 3.40. The van der Waals surface area contributed by atoms with Crippen molar-refractivity contribution in [1.82, 2.24) is 10.3 Å². The highest BCUT2D eigenvalue weighted by atomic mass is 32.2. The van der Waals surface area contributed by atoms with Crippen LogP contribution in [-0.4, -0.2) is 34.3 Å². The first-order valence-corrected chi connectivity index (χ1v) is 8.74. The molecule has 2 N–H and O–H groups in total. The van der Waals surface area contributed by atoms with E-state index in [1.54, 1.807) is 18.2 Å². The van der Waals surface area contributed by atoms with Crippen molar-refractivity contribution in [3.05, 3.63) is 46.2 Å². The molecule has 0 aliphatic carbocycles. The number of nitrogens with one attached hydrogen (secondary N) is 1. The summed E-state index contributed by atoms with van der Waals surface area (Å²) in [5.74, 6) is -0.964. The number of aromatic carboxylic acids is 1. The Hall–Kier alpha value is -1.93. The fourth-order valence-electron chi connectivity index (χ4n) is 1.74. The zero-order valence-electron chi connectivity index (χ0n) is 12.1. The van der Waals surface area contributed by atoms with Crippen LogP contribution >= 0.6 is 23.1 Å². The first kappa shape index (κ1) is 17.4. The zero-order valence-corrected chi connectivity index (χ0v) is 13.8. The van der Waals surface area contributed by atoms with Crippen molar-refractivity contribution in [3.8, 4) is 0 Å². The van der Waals surface area contributed by atoms with Gasteiger partial charge >= 0.3 is 5.97 Å². The normalized spacial score (nSPS) is 10.5. The fraction of sp³-hybridized carbons (Fsp3) is 0.267. The summed E-state index contributed by atoms with van der Waals surface area (Å²) in [6.07, 6.45) is 0.779. The second-order valence-electron chi connectivity index (χ2n) is 4.56. The minimum Gasteiger partial charge on any atom is -0.476 e. The molecular formula is C15H15FN2O3S2. The van der Waals surface area contributed by atoms with E-state index < -0.39 is 5.97 Å². The number of carboxylic acid groups (broad SMARTS) is 1. The van der Waals surface area contributed by atoms with E-state index in [-0.39, 0.29) is 23.8 Å². The van der Waals surface area contributed by atoms with E-state index in [9.17, 15) is 14.0 Å². The molecule has 0 saturated carbocycles. The van der Waals surface area contributed by atoms with Crippen LogP contribution in [0.2, 0.25) is 0 Å². The molecule has 0 radical (unpaired) electrons. The summed E-state index contributed by atoms with van der Waals surface area (Å²) in [6, 6.07) is 6.45. The molecule has 2 aromatic rings. The molecule has 5 nitrogen and oxygen atoms in total. The van der Waals surface area contributed by atoms with Gasteiger partial charge < -0.3 is 10.4 Å². The Bertz CT molecular complexity index is 691.